The number of aromatic nitrogens is 3. The van der Waals surface area contributed by atoms with E-state index in [4.69, 9.17) is 4.42 Å². The molecule has 0 N–H and O–H groups in total. The highest BCUT2D eigenvalue weighted by Crippen LogP contribution is 2.42. The number of furan rings is 1. The van der Waals surface area contributed by atoms with Gasteiger partial charge in [0.1, 0.15) is 17.0 Å². The molecular weight excluding hydrogens is 599 g/mol. The van der Waals surface area contributed by atoms with Crippen molar-refractivity contribution in [1.82, 2.24) is 13.7 Å². The summed E-state index contributed by atoms with van der Waals surface area (Å²) >= 11 is 0. The number of nitrogens with zero attached hydrogens (tertiary/aromatic N) is 3. The number of fused-ring (bicyclic) bond motifs is 9. The normalized spacial score (nSPS) is 12.2. The molecule has 6 aromatic carbocycles. The van der Waals surface area contributed by atoms with Crippen LogP contribution in [0, 0.1) is 0 Å². The van der Waals surface area contributed by atoms with E-state index in [1.165, 1.54) is 43.5 Å². The van der Waals surface area contributed by atoms with Gasteiger partial charge in [0.15, 0.2) is 0 Å². The van der Waals surface area contributed by atoms with E-state index in [1.807, 2.05) is 25.2 Å². The molecule has 0 bridgehead atoms. The Morgan fingerprint density at radius 3 is 1.71 bits per heavy atom. The van der Waals surface area contributed by atoms with Crippen molar-refractivity contribution >= 4 is 77.8 Å². The zero-order valence-corrected chi connectivity index (χ0v) is 27.0. The van der Waals surface area contributed by atoms with Crippen LogP contribution in [0.2, 0.25) is 0 Å². The molecule has 10 rings (SSSR count). The van der Waals surface area contributed by atoms with Crippen LogP contribution in [0.15, 0.2) is 157 Å². The fourth-order valence-electron chi connectivity index (χ4n) is 7.92. The molecule has 49 heavy (non-hydrogen) atoms. The smallest absolute Gasteiger partial charge is 0.135 e. The topological polar surface area (TPSA) is 27.9 Å². The van der Waals surface area contributed by atoms with Crippen molar-refractivity contribution in [1.29, 1.82) is 0 Å². The van der Waals surface area contributed by atoms with Crippen molar-refractivity contribution in [3.8, 4) is 17.1 Å². The summed E-state index contributed by atoms with van der Waals surface area (Å²) < 4.78 is 13.5. The zero-order valence-electron chi connectivity index (χ0n) is 27.0. The third-order valence-electron chi connectivity index (χ3n) is 9.92. The lowest BCUT2D eigenvalue weighted by Gasteiger charge is -2.14. The second kappa shape index (κ2) is 10.5. The predicted octanol–water partition coefficient (Wildman–Crippen LogP) is 12.2. The predicted molar refractivity (Wildman–Crippen MR) is 207 cm³/mol. The molecule has 4 nitrogen and oxygen atoms in total. The molecular formula is C45H31N3O. The molecule has 4 aromatic heterocycles. The Balaban J connectivity index is 1.32. The fourth-order valence-corrected chi connectivity index (χ4v) is 7.92. The van der Waals surface area contributed by atoms with Crippen LogP contribution in [0.4, 0.5) is 0 Å². The van der Waals surface area contributed by atoms with Gasteiger partial charge in [0.25, 0.3) is 0 Å². The molecule has 0 aliphatic carbocycles. The minimum atomic E-state index is 0.823. The van der Waals surface area contributed by atoms with Crippen LogP contribution in [0.25, 0.3) is 94.8 Å². The van der Waals surface area contributed by atoms with Gasteiger partial charge in [-0.3, -0.25) is 9.13 Å². The molecule has 0 radical (unpaired) electrons. The molecule has 0 aliphatic heterocycles. The van der Waals surface area contributed by atoms with Crippen molar-refractivity contribution in [2.75, 3.05) is 0 Å². The maximum absolute atomic E-state index is 6.25. The molecule has 4 heteroatoms. The van der Waals surface area contributed by atoms with Crippen LogP contribution < -0.4 is 0 Å². The SMILES string of the molecule is C=Cc1c(/C=C\C)oc2ccc(-n3c4ccccc4c4c5ccccc5n(-c5ccc6c(c5)c5ccccc5n6-c5ccccc5)c43)cc12. The van der Waals surface area contributed by atoms with Crippen LogP contribution in [0.3, 0.4) is 0 Å². The Labute approximate surface area is 282 Å². The van der Waals surface area contributed by atoms with E-state index in [2.05, 4.69) is 160 Å². The van der Waals surface area contributed by atoms with E-state index >= 15 is 0 Å². The van der Waals surface area contributed by atoms with E-state index in [0.717, 1.165) is 50.5 Å². The first kappa shape index (κ1) is 27.6. The van der Waals surface area contributed by atoms with Crippen molar-refractivity contribution in [2.24, 2.45) is 0 Å². The van der Waals surface area contributed by atoms with Crippen LogP contribution >= 0.6 is 0 Å². The minimum Gasteiger partial charge on any atom is -0.456 e. The first-order chi connectivity index (χ1) is 24.2. The van der Waals surface area contributed by atoms with Crippen molar-refractivity contribution < 1.29 is 4.42 Å². The first-order valence-electron chi connectivity index (χ1n) is 16.7. The highest BCUT2D eigenvalue weighted by atomic mass is 16.3. The van der Waals surface area contributed by atoms with Gasteiger partial charge in [-0.15, -0.1) is 0 Å². The number of hydrogen-bond acceptors (Lipinski definition) is 1. The molecule has 0 spiro atoms. The van der Waals surface area contributed by atoms with Gasteiger partial charge < -0.3 is 8.98 Å². The molecule has 0 unspecified atom stereocenters. The van der Waals surface area contributed by atoms with Gasteiger partial charge in [-0.25, -0.2) is 0 Å². The van der Waals surface area contributed by atoms with Gasteiger partial charge in [0, 0.05) is 54.9 Å². The summed E-state index contributed by atoms with van der Waals surface area (Å²) in [6.45, 7) is 6.14. The summed E-state index contributed by atoms with van der Waals surface area (Å²) in [5, 5.41) is 7.19. The third kappa shape index (κ3) is 3.86. The van der Waals surface area contributed by atoms with E-state index in [9.17, 15) is 0 Å². The summed E-state index contributed by atoms with van der Waals surface area (Å²) in [6.07, 6.45) is 5.90. The van der Waals surface area contributed by atoms with Crippen LogP contribution in [-0.4, -0.2) is 13.7 Å². The van der Waals surface area contributed by atoms with Gasteiger partial charge in [0.05, 0.1) is 22.1 Å². The number of para-hydroxylation sites is 4. The summed E-state index contributed by atoms with van der Waals surface area (Å²) in [5.41, 5.74) is 11.0. The second-order valence-corrected chi connectivity index (χ2v) is 12.6. The van der Waals surface area contributed by atoms with Gasteiger partial charge in [-0.05, 0) is 79.7 Å². The van der Waals surface area contributed by atoms with Gasteiger partial charge in [-0.1, -0.05) is 91.5 Å². The molecule has 0 amide bonds. The zero-order chi connectivity index (χ0) is 32.6. The highest BCUT2D eigenvalue weighted by Gasteiger charge is 2.23. The number of benzene rings is 6. The largest absolute Gasteiger partial charge is 0.456 e. The quantitative estimate of drug-likeness (QED) is 0.186. The molecule has 0 saturated heterocycles. The molecule has 232 valence electrons. The van der Waals surface area contributed by atoms with E-state index in [1.54, 1.807) is 0 Å². The Hall–Kier alpha value is -6.52. The lowest BCUT2D eigenvalue weighted by Crippen LogP contribution is -2.02. The molecule has 0 aliphatic rings. The molecule has 0 atom stereocenters. The van der Waals surface area contributed by atoms with Crippen LogP contribution in [0.1, 0.15) is 18.2 Å². The number of rotatable bonds is 5. The average molecular weight is 630 g/mol. The Morgan fingerprint density at radius 2 is 1.06 bits per heavy atom. The van der Waals surface area contributed by atoms with E-state index in [0.29, 0.717) is 0 Å². The van der Waals surface area contributed by atoms with Crippen LogP contribution in [-0.2, 0) is 0 Å². The summed E-state index contributed by atoms with van der Waals surface area (Å²) in [7, 11) is 0. The minimum absolute atomic E-state index is 0.823. The Kier molecular flexibility index (Phi) is 5.91. The lowest BCUT2D eigenvalue weighted by molar-refractivity contribution is 0.603. The second-order valence-electron chi connectivity index (χ2n) is 12.6. The van der Waals surface area contributed by atoms with Crippen molar-refractivity contribution in [2.45, 2.75) is 6.92 Å². The average Bonchev–Trinajstić information content (AvgIpc) is 3.87. The maximum atomic E-state index is 6.25. The monoisotopic (exact) mass is 629 g/mol. The van der Waals surface area contributed by atoms with Gasteiger partial charge >= 0.3 is 0 Å². The standard InChI is InChI=1S/C45H31N3O/c1-3-14-42-32(4-2)37-28-31(24-26-43(37)49-42)48-40-22-13-10-19-35(40)44-34-18-9-12-21-39(34)47(45(44)48)30-23-25-41-36(27-30)33-17-8-11-20-38(33)46(41)29-15-6-5-7-16-29/h3-28H,2H2,1H3/b14-3-. The summed E-state index contributed by atoms with van der Waals surface area (Å²) in [6, 6.07) is 50.3. The van der Waals surface area contributed by atoms with Gasteiger partial charge in [-0.2, -0.15) is 0 Å². The Bertz CT molecular complexity index is 2960. The molecule has 10 aromatic rings. The highest BCUT2D eigenvalue weighted by molar-refractivity contribution is 6.22. The van der Waals surface area contributed by atoms with E-state index < -0.39 is 0 Å². The van der Waals surface area contributed by atoms with Crippen LogP contribution in [0.5, 0.6) is 0 Å². The van der Waals surface area contributed by atoms with Crippen molar-refractivity contribution in [3.63, 3.8) is 0 Å². The van der Waals surface area contributed by atoms with Gasteiger partial charge in [0.2, 0.25) is 0 Å². The number of allylic oxidation sites excluding steroid dienone is 1. The molecule has 0 fully saturated rings. The fraction of sp³-hybridized carbons (Fsp3) is 0.0222. The van der Waals surface area contributed by atoms with E-state index in [-0.39, 0.29) is 0 Å². The molecule has 4 heterocycles. The maximum Gasteiger partial charge on any atom is 0.135 e. The molecule has 0 saturated carbocycles. The van der Waals surface area contributed by atoms with Crippen molar-refractivity contribution in [3.05, 3.63) is 164 Å². The lowest BCUT2D eigenvalue weighted by atomic mass is 10.1. The summed E-state index contributed by atoms with van der Waals surface area (Å²) in [4.78, 5) is 0. The third-order valence-corrected chi connectivity index (χ3v) is 9.92. The summed E-state index contributed by atoms with van der Waals surface area (Å²) in [5.74, 6) is 0.823. The Morgan fingerprint density at radius 1 is 0.510 bits per heavy atom. The number of hydrogen-bond donors (Lipinski definition) is 0. The first-order valence-corrected chi connectivity index (χ1v) is 16.7.